The lowest BCUT2D eigenvalue weighted by atomic mass is 9.82. The Hall–Kier alpha value is -2.47. The number of ether oxygens (including phenoxy) is 4. The lowest BCUT2D eigenvalue weighted by molar-refractivity contribution is -0.137. The van der Waals surface area contributed by atoms with Gasteiger partial charge in [-0.1, -0.05) is 0 Å². The van der Waals surface area contributed by atoms with E-state index in [4.69, 9.17) is 24.7 Å². The van der Waals surface area contributed by atoms with Crippen molar-refractivity contribution >= 4 is 17.7 Å². The fourth-order valence-corrected chi connectivity index (χ4v) is 4.95. The Labute approximate surface area is 173 Å². The van der Waals surface area contributed by atoms with Crippen LogP contribution < -0.4 is 16.4 Å². The van der Waals surface area contributed by atoms with Crippen molar-refractivity contribution < 1.29 is 33.3 Å². The Morgan fingerprint density at radius 2 is 2.00 bits per heavy atom. The van der Waals surface area contributed by atoms with Gasteiger partial charge in [-0.25, -0.2) is 4.79 Å². The molecule has 2 fully saturated rings. The molecule has 0 saturated carbocycles. The van der Waals surface area contributed by atoms with E-state index < -0.39 is 24.0 Å². The van der Waals surface area contributed by atoms with Crippen LogP contribution in [0.2, 0.25) is 0 Å². The Morgan fingerprint density at radius 1 is 1.30 bits per heavy atom. The van der Waals surface area contributed by atoms with E-state index in [2.05, 4.69) is 10.6 Å². The van der Waals surface area contributed by atoms with E-state index in [1.165, 1.54) is 21.3 Å². The maximum atomic E-state index is 13.5. The van der Waals surface area contributed by atoms with Gasteiger partial charge in [0.2, 0.25) is 11.6 Å². The average molecular weight is 422 g/mol. The number of carbonyl (C=O) groups is 3. The standard InChI is InChI=1S/C19H26N4O7/c1-8-13(21-5-11(27-2)28-3)16(25)12-9(7-30-18(20)26)19(29-4)17-10(22-17)6-23(19)14(12)15(8)24/h9-11,17,21-22H,5-7H2,1-4H3,(H2,20,26)/t9-,10+,17+,19-/m0/s1. The first-order valence-electron chi connectivity index (χ1n) is 9.66. The molecule has 30 heavy (non-hydrogen) atoms. The highest BCUT2D eigenvalue weighted by Gasteiger charge is 2.72. The summed E-state index contributed by atoms with van der Waals surface area (Å²) >= 11 is 0. The van der Waals surface area contributed by atoms with Crippen LogP contribution in [0.15, 0.2) is 22.5 Å². The fraction of sp³-hybridized carbons (Fsp3) is 0.632. The van der Waals surface area contributed by atoms with Gasteiger partial charge in [-0.2, -0.15) is 0 Å². The molecule has 0 aromatic carbocycles. The van der Waals surface area contributed by atoms with Crippen LogP contribution in [0.25, 0.3) is 0 Å². The van der Waals surface area contributed by atoms with Gasteiger partial charge in [0, 0.05) is 45.1 Å². The van der Waals surface area contributed by atoms with Gasteiger partial charge in [0.1, 0.15) is 6.61 Å². The number of carbonyl (C=O) groups excluding carboxylic acids is 3. The third-order valence-electron chi connectivity index (χ3n) is 6.40. The van der Waals surface area contributed by atoms with Crippen molar-refractivity contribution in [3.63, 3.8) is 0 Å². The Balaban J connectivity index is 1.71. The molecule has 4 rings (SSSR count). The monoisotopic (exact) mass is 422 g/mol. The molecule has 3 aliphatic heterocycles. The van der Waals surface area contributed by atoms with Gasteiger partial charge >= 0.3 is 6.09 Å². The fourth-order valence-electron chi connectivity index (χ4n) is 4.95. The van der Waals surface area contributed by atoms with E-state index in [1.54, 1.807) is 6.92 Å². The molecule has 1 aliphatic carbocycles. The topological polar surface area (TPSA) is 151 Å². The number of hydrogen-bond donors (Lipinski definition) is 3. The number of nitrogens with zero attached hydrogens (tertiary/aromatic N) is 1. The van der Waals surface area contributed by atoms with Gasteiger partial charge in [0.05, 0.1) is 29.9 Å². The molecule has 0 radical (unpaired) electrons. The molecule has 1 amide bonds. The number of amides is 1. The molecule has 164 valence electrons. The summed E-state index contributed by atoms with van der Waals surface area (Å²) in [7, 11) is 4.49. The van der Waals surface area contributed by atoms with Gasteiger partial charge in [-0.3, -0.25) is 9.59 Å². The smallest absolute Gasteiger partial charge is 0.404 e. The number of methoxy groups -OCH3 is 3. The van der Waals surface area contributed by atoms with E-state index in [9.17, 15) is 14.4 Å². The normalized spacial score (nSPS) is 31.9. The van der Waals surface area contributed by atoms with Crippen molar-refractivity contribution in [2.45, 2.75) is 31.0 Å². The maximum absolute atomic E-state index is 13.5. The van der Waals surface area contributed by atoms with E-state index in [0.29, 0.717) is 17.8 Å². The quantitative estimate of drug-likeness (QED) is 0.242. The molecule has 11 heteroatoms. The van der Waals surface area contributed by atoms with E-state index in [-0.39, 0.29) is 48.1 Å². The predicted molar refractivity (Wildman–Crippen MR) is 102 cm³/mol. The van der Waals surface area contributed by atoms with Crippen LogP contribution in [0.4, 0.5) is 4.79 Å². The third-order valence-corrected chi connectivity index (χ3v) is 6.40. The molecule has 2 saturated heterocycles. The van der Waals surface area contributed by atoms with E-state index >= 15 is 0 Å². The summed E-state index contributed by atoms with van der Waals surface area (Å²) in [5.41, 5.74) is 5.25. The number of primary amides is 1. The van der Waals surface area contributed by atoms with E-state index in [0.717, 1.165) is 0 Å². The zero-order valence-electron chi connectivity index (χ0n) is 17.3. The zero-order valence-corrected chi connectivity index (χ0v) is 17.3. The number of nitrogens with one attached hydrogen (secondary N) is 2. The first-order chi connectivity index (χ1) is 14.3. The number of ketones is 2. The Bertz CT molecular complexity index is 865. The summed E-state index contributed by atoms with van der Waals surface area (Å²) in [6.45, 7) is 2.13. The first kappa shape index (κ1) is 20.8. The molecule has 3 heterocycles. The van der Waals surface area contributed by atoms with Crippen molar-refractivity contribution in [1.82, 2.24) is 15.5 Å². The summed E-state index contributed by atoms with van der Waals surface area (Å²) in [5.74, 6) is -1.27. The number of nitrogens with two attached hydrogens (primary N) is 1. The van der Waals surface area contributed by atoms with Crippen molar-refractivity contribution in [2.24, 2.45) is 11.7 Å². The first-order valence-corrected chi connectivity index (χ1v) is 9.66. The minimum atomic E-state index is -0.993. The molecule has 4 atom stereocenters. The van der Waals surface area contributed by atoms with Crippen LogP contribution >= 0.6 is 0 Å². The highest BCUT2D eigenvalue weighted by molar-refractivity contribution is 6.25. The largest absolute Gasteiger partial charge is 0.449 e. The second-order valence-electron chi connectivity index (χ2n) is 7.70. The molecular formula is C19H26N4O7. The van der Waals surface area contributed by atoms with Crippen LogP contribution in [0, 0.1) is 5.92 Å². The van der Waals surface area contributed by atoms with Crippen molar-refractivity contribution in [3.05, 3.63) is 22.5 Å². The van der Waals surface area contributed by atoms with Crippen LogP contribution in [-0.2, 0) is 28.5 Å². The molecular weight excluding hydrogens is 396 g/mol. The summed E-state index contributed by atoms with van der Waals surface area (Å²) in [4.78, 5) is 40.0. The number of fused-ring (bicyclic) bond motifs is 4. The van der Waals surface area contributed by atoms with Crippen LogP contribution in [0.5, 0.6) is 0 Å². The van der Waals surface area contributed by atoms with Crippen molar-refractivity contribution in [3.8, 4) is 0 Å². The summed E-state index contributed by atoms with van der Waals surface area (Å²) in [5, 5.41) is 6.30. The van der Waals surface area contributed by atoms with Crippen molar-refractivity contribution in [1.29, 1.82) is 0 Å². The zero-order chi connectivity index (χ0) is 21.8. The van der Waals surface area contributed by atoms with Gasteiger partial charge in [-0.05, 0) is 6.92 Å². The molecule has 0 aromatic heterocycles. The summed E-state index contributed by atoms with van der Waals surface area (Å²) in [6, 6.07) is 0.0595. The number of allylic oxidation sites excluding steroid dienone is 2. The highest BCUT2D eigenvalue weighted by atomic mass is 16.7. The minimum Gasteiger partial charge on any atom is -0.449 e. The molecule has 0 bridgehead atoms. The lowest BCUT2D eigenvalue weighted by Crippen LogP contribution is -2.55. The van der Waals surface area contributed by atoms with Gasteiger partial charge in [0.25, 0.3) is 0 Å². The van der Waals surface area contributed by atoms with Crippen LogP contribution in [0.1, 0.15) is 6.92 Å². The Morgan fingerprint density at radius 3 is 2.60 bits per heavy atom. The van der Waals surface area contributed by atoms with Gasteiger partial charge in [0.15, 0.2) is 12.0 Å². The summed E-state index contributed by atoms with van der Waals surface area (Å²) < 4.78 is 21.3. The van der Waals surface area contributed by atoms with Crippen LogP contribution in [0.3, 0.4) is 0 Å². The Kier molecular flexibility index (Phi) is 5.09. The van der Waals surface area contributed by atoms with E-state index in [1.807, 2.05) is 4.90 Å². The van der Waals surface area contributed by atoms with Crippen LogP contribution in [-0.4, -0.2) is 87.7 Å². The molecule has 4 N–H and O–H groups in total. The highest BCUT2D eigenvalue weighted by Crippen LogP contribution is 2.55. The number of hydrogen-bond acceptors (Lipinski definition) is 10. The maximum Gasteiger partial charge on any atom is 0.404 e. The third kappa shape index (κ3) is 2.77. The lowest BCUT2D eigenvalue weighted by Gasteiger charge is -2.39. The minimum absolute atomic E-state index is 0.0849. The molecule has 0 aromatic rings. The second-order valence-corrected chi connectivity index (χ2v) is 7.70. The molecule has 11 nitrogen and oxygen atoms in total. The second kappa shape index (κ2) is 7.34. The number of piperazine rings is 1. The molecule has 0 spiro atoms. The number of Topliss-reactive ketones (excluding diaryl/α,β-unsaturated/α-hetero) is 2. The SMILES string of the molecule is COC(CNC1=C(C)C(=O)C2=C(C1=O)[C@H](COC(N)=O)[C@]1(OC)[C@@H]3N[C@@H]3CN21)OC. The molecule has 4 aliphatic rings. The average Bonchev–Trinajstić information content (AvgIpc) is 3.33. The number of rotatable bonds is 8. The summed E-state index contributed by atoms with van der Waals surface area (Å²) in [6.07, 6.45) is -1.55. The van der Waals surface area contributed by atoms with Gasteiger partial charge in [-0.15, -0.1) is 0 Å². The van der Waals surface area contributed by atoms with Gasteiger partial charge < -0.3 is 40.2 Å². The predicted octanol–water partition coefficient (Wildman–Crippen LogP) is -1.40. The molecule has 0 unspecified atom stereocenters. The van der Waals surface area contributed by atoms with Crippen molar-refractivity contribution in [2.75, 3.05) is 41.0 Å².